The van der Waals surface area contributed by atoms with Gasteiger partial charge in [-0.15, -0.1) is 0 Å². The molecule has 3 unspecified atom stereocenters. The molecule has 1 aliphatic carbocycles. The van der Waals surface area contributed by atoms with Gasteiger partial charge in [-0.2, -0.15) is 0 Å². The molecular weight excluding hydrogens is 260 g/mol. The highest BCUT2D eigenvalue weighted by atomic mass is 16.2. The average Bonchev–Trinajstić information content (AvgIpc) is 2.98. The zero-order valence-corrected chi connectivity index (χ0v) is 13.9. The first-order valence-electron chi connectivity index (χ1n) is 9.22. The normalized spacial score (nSPS) is 35.5. The fourth-order valence-corrected chi connectivity index (χ4v) is 4.89. The summed E-state index contributed by atoms with van der Waals surface area (Å²) in [5, 5.41) is 3.65. The van der Waals surface area contributed by atoms with E-state index in [4.69, 9.17) is 0 Å². The fraction of sp³-hybridized carbons (Fsp3) is 0.944. The summed E-state index contributed by atoms with van der Waals surface area (Å²) in [5.41, 5.74) is 0.508. The molecule has 0 spiro atoms. The van der Waals surface area contributed by atoms with E-state index in [9.17, 15) is 4.79 Å². The molecule has 3 atom stereocenters. The lowest BCUT2D eigenvalue weighted by Gasteiger charge is -2.41. The molecule has 0 aromatic rings. The van der Waals surface area contributed by atoms with Crippen molar-refractivity contribution in [1.29, 1.82) is 0 Å². The van der Waals surface area contributed by atoms with Gasteiger partial charge in [-0.3, -0.25) is 4.79 Å². The Balaban J connectivity index is 1.55. The maximum absolute atomic E-state index is 12.8. The molecule has 0 radical (unpaired) electrons. The van der Waals surface area contributed by atoms with Gasteiger partial charge >= 0.3 is 0 Å². The predicted octanol–water partition coefficient (Wildman–Crippen LogP) is 3.34. The molecule has 3 rings (SSSR count). The number of fused-ring (bicyclic) bond motifs is 1. The van der Waals surface area contributed by atoms with Crippen molar-refractivity contribution >= 4 is 5.91 Å². The van der Waals surface area contributed by atoms with Crippen molar-refractivity contribution in [2.75, 3.05) is 13.1 Å². The van der Waals surface area contributed by atoms with Gasteiger partial charge in [0.25, 0.3) is 0 Å². The largest absolute Gasteiger partial charge is 0.341 e. The number of likely N-dealkylation sites (tertiary alicyclic amines) is 1. The number of rotatable bonds is 3. The highest BCUT2D eigenvalue weighted by Crippen LogP contribution is 2.39. The van der Waals surface area contributed by atoms with Gasteiger partial charge < -0.3 is 10.2 Å². The number of nitrogens with zero attached hydrogens (tertiary/aromatic N) is 1. The maximum Gasteiger partial charge on any atom is 0.239 e. The highest BCUT2D eigenvalue weighted by molar-refractivity contribution is 5.82. The van der Waals surface area contributed by atoms with Crippen LogP contribution in [0.15, 0.2) is 0 Å². The number of carbonyl (C=O) groups excluding carboxylic acids is 1. The van der Waals surface area contributed by atoms with E-state index in [2.05, 4.69) is 24.1 Å². The van der Waals surface area contributed by atoms with Crippen molar-refractivity contribution < 1.29 is 4.79 Å². The molecule has 3 fully saturated rings. The lowest BCUT2D eigenvalue weighted by Crippen LogP contribution is -2.50. The number of carbonyl (C=O) groups is 1. The first-order chi connectivity index (χ1) is 10.2. The summed E-state index contributed by atoms with van der Waals surface area (Å²) < 4.78 is 0. The molecule has 3 nitrogen and oxygen atoms in total. The Hall–Kier alpha value is -0.570. The van der Waals surface area contributed by atoms with E-state index < -0.39 is 0 Å². The van der Waals surface area contributed by atoms with Crippen LogP contribution in [0.1, 0.15) is 71.6 Å². The summed E-state index contributed by atoms with van der Waals surface area (Å²) in [7, 11) is 0. The minimum absolute atomic E-state index is 0.119. The molecule has 21 heavy (non-hydrogen) atoms. The second-order valence-electron chi connectivity index (χ2n) is 7.64. The Morgan fingerprint density at radius 1 is 1.14 bits per heavy atom. The third kappa shape index (κ3) is 2.99. The average molecular weight is 292 g/mol. The van der Waals surface area contributed by atoms with Crippen molar-refractivity contribution in [2.45, 2.75) is 83.7 Å². The third-order valence-corrected chi connectivity index (χ3v) is 6.80. The van der Waals surface area contributed by atoms with Gasteiger partial charge in [0, 0.05) is 19.1 Å². The van der Waals surface area contributed by atoms with E-state index in [1.54, 1.807) is 0 Å². The predicted molar refractivity (Wildman–Crippen MR) is 86.1 cm³/mol. The van der Waals surface area contributed by atoms with E-state index in [-0.39, 0.29) is 6.04 Å². The molecular formula is C18H32N2O. The van der Waals surface area contributed by atoms with Gasteiger partial charge in [0.1, 0.15) is 0 Å². The summed E-state index contributed by atoms with van der Waals surface area (Å²) in [6.45, 7) is 6.58. The van der Waals surface area contributed by atoms with E-state index >= 15 is 0 Å². The minimum atomic E-state index is 0.119. The number of amides is 1. The Bertz CT molecular complexity index is 353. The van der Waals surface area contributed by atoms with E-state index in [0.717, 1.165) is 25.4 Å². The van der Waals surface area contributed by atoms with Crippen LogP contribution in [0.5, 0.6) is 0 Å². The molecule has 1 saturated carbocycles. The summed E-state index contributed by atoms with van der Waals surface area (Å²) in [4.78, 5) is 14.9. The van der Waals surface area contributed by atoms with Crippen molar-refractivity contribution in [2.24, 2.45) is 11.3 Å². The SMILES string of the molecule is CCC1(CC)CCN(C(=O)C2CC3CCCCC3N2)CC1. The Labute approximate surface area is 129 Å². The molecule has 0 bridgehead atoms. The quantitative estimate of drug-likeness (QED) is 0.865. The van der Waals surface area contributed by atoms with Crippen LogP contribution in [0.3, 0.4) is 0 Å². The summed E-state index contributed by atoms with van der Waals surface area (Å²) in [6, 6.07) is 0.747. The topological polar surface area (TPSA) is 32.3 Å². The number of hydrogen-bond donors (Lipinski definition) is 1. The molecule has 3 aliphatic rings. The third-order valence-electron chi connectivity index (χ3n) is 6.80. The Morgan fingerprint density at radius 2 is 1.81 bits per heavy atom. The van der Waals surface area contributed by atoms with E-state index in [1.807, 2.05) is 0 Å². The van der Waals surface area contributed by atoms with Crippen LogP contribution in [0.4, 0.5) is 0 Å². The first kappa shape index (κ1) is 15.3. The van der Waals surface area contributed by atoms with Crippen molar-refractivity contribution in [1.82, 2.24) is 10.2 Å². The van der Waals surface area contributed by atoms with Gasteiger partial charge in [0.15, 0.2) is 0 Å². The highest BCUT2D eigenvalue weighted by Gasteiger charge is 2.41. The molecule has 2 aliphatic heterocycles. The number of hydrogen-bond acceptors (Lipinski definition) is 2. The second-order valence-corrected chi connectivity index (χ2v) is 7.64. The zero-order chi connectivity index (χ0) is 14.9. The molecule has 0 aromatic carbocycles. The van der Waals surface area contributed by atoms with Gasteiger partial charge in [-0.05, 0) is 43.4 Å². The summed E-state index contributed by atoms with van der Waals surface area (Å²) >= 11 is 0. The fourth-order valence-electron chi connectivity index (χ4n) is 4.89. The molecule has 120 valence electrons. The molecule has 1 N–H and O–H groups in total. The van der Waals surface area contributed by atoms with Crippen LogP contribution in [0.25, 0.3) is 0 Å². The number of piperidine rings is 1. The monoisotopic (exact) mass is 292 g/mol. The van der Waals surface area contributed by atoms with Crippen LogP contribution in [-0.4, -0.2) is 36.0 Å². The van der Waals surface area contributed by atoms with Gasteiger partial charge in [-0.1, -0.05) is 39.5 Å². The second kappa shape index (κ2) is 6.28. The minimum Gasteiger partial charge on any atom is -0.341 e. The molecule has 2 heterocycles. The van der Waals surface area contributed by atoms with Crippen molar-refractivity contribution in [3.8, 4) is 0 Å². The molecule has 0 aromatic heterocycles. The lowest BCUT2D eigenvalue weighted by molar-refractivity contribution is -0.135. The maximum atomic E-state index is 12.8. The smallest absolute Gasteiger partial charge is 0.239 e. The van der Waals surface area contributed by atoms with Crippen molar-refractivity contribution in [3.63, 3.8) is 0 Å². The Morgan fingerprint density at radius 3 is 2.43 bits per heavy atom. The molecule has 3 heteroatoms. The lowest BCUT2D eigenvalue weighted by atomic mass is 9.74. The van der Waals surface area contributed by atoms with Crippen LogP contribution >= 0.6 is 0 Å². The van der Waals surface area contributed by atoms with E-state index in [1.165, 1.54) is 51.4 Å². The number of nitrogens with one attached hydrogen (secondary N) is 1. The van der Waals surface area contributed by atoms with Crippen LogP contribution < -0.4 is 5.32 Å². The zero-order valence-electron chi connectivity index (χ0n) is 13.9. The van der Waals surface area contributed by atoms with Gasteiger partial charge in [-0.25, -0.2) is 0 Å². The molecule has 1 amide bonds. The summed E-state index contributed by atoms with van der Waals surface area (Å²) in [6.07, 6.45) is 11.3. The van der Waals surface area contributed by atoms with Crippen LogP contribution in [-0.2, 0) is 4.79 Å². The summed E-state index contributed by atoms with van der Waals surface area (Å²) in [5.74, 6) is 1.16. The van der Waals surface area contributed by atoms with Gasteiger partial charge in [0.05, 0.1) is 6.04 Å². The standard InChI is InChI=1S/C18H32N2O/c1-3-18(4-2)9-11-20(12-10-18)17(21)16-13-14-7-5-6-8-15(14)19-16/h14-16,19H,3-13H2,1-2H3. The van der Waals surface area contributed by atoms with Crippen LogP contribution in [0.2, 0.25) is 0 Å². The Kier molecular flexibility index (Phi) is 4.58. The first-order valence-corrected chi connectivity index (χ1v) is 9.22. The van der Waals surface area contributed by atoms with Crippen molar-refractivity contribution in [3.05, 3.63) is 0 Å². The van der Waals surface area contributed by atoms with Crippen LogP contribution in [0, 0.1) is 11.3 Å². The molecule has 2 saturated heterocycles. The van der Waals surface area contributed by atoms with Gasteiger partial charge in [0.2, 0.25) is 5.91 Å². The van der Waals surface area contributed by atoms with E-state index in [0.29, 0.717) is 17.4 Å².